The first-order valence-electron chi connectivity index (χ1n) is 12.8. The molecule has 1 atom stereocenters. The van der Waals surface area contributed by atoms with E-state index in [1.54, 1.807) is 27.8 Å². The highest BCUT2D eigenvalue weighted by molar-refractivity contribution is 5.94. The number of aromatic nitrogens is 2. The average Bonchev–Trinajstić information content (AvgIpc) is 3.58. The van der Waals surface area contributed by atoms with E-state index in [0.717, 1.165) is 24.2 Å². The normalized spacial score (nSPS) is 15.0. The van der Waals surface area contributed by atoms with E-state index < -0.39 is 11.6 Å². The summed E-state index contributed by atoms with van der Waals surface area (Å²) >= 11 is 0. The quantitative estimate of drug-likeness (QED) is 0.261. The van der Waals surface area contributed by atoms with Gasteiger partial charge in [-0.3, -0.25) is 4.79 Å². The van der Waals surface area contributed by atoms with Gasteiger partial charge in [-0.2, -0.15) is 5.10 Å². The molecule has 1 aromatic heterocycles. The first-order valence-corrected chi connectivity index (χ1v) is 12.8. The lowest BCUT2D eigenvalue weighted by molar-refractivity contribution is 0.0505. The second-order valence-corrected chi connectivity index (χ2v) is 9.19. The third-order valence-electron chi connectivity index (χ3n) is 6.57. The van der Waals surface area contributed by atoms with Gasteiger partial charge < -0.3 is 14.4 Å². The molecule has 0 unspecified atom stereocenters. The number of halogens is 2. The SMILES string of the molecule is CCc1nn(-c2ccccc2)c(Oc2ccccc2F)c1CN(C[C@@H]1CCCO1)C(=O)c1ccc(F)cc1. The molecule has 0 spiro atoms. The van der Waals surface area contributed by atoms with Crippen molar-refractivity contribution in [1.82, 2.24) is 14.7 Å². The second kappa shape index (κ2) is 11.6. The Morgan fingerprint density at radius 2 is 1.79 bits per heavy atom. The molecule has 0 bridgehead atoms. The van der Waals surface area contributed by atoms with Gasteiger partial charge in [0.2, 0.25) is 5.88 Å². The zero-order chi connectivity index (χ0) is 26.5. The van der Waals surface area contributed by atoms with Crippen molar-refractivity contribution in [3.63, 3.8) is 0 Å². The van der Waals surface area contributed by atoms with E-state index in [0.29, 0.717) is 36.6 Å². The maximum Gasteiger partial charge on any atom is 0.254 e. The molecular weight excluding hydrogens is 488 g/mol. The zero-order valence-corrected chi connectivity index (χ0v) is 21.1. The molecule has 6 nitrogen and oxygen atoms in total. The molecule has 0 radical (unpaired) electrons. The van der Waals surface area contributed by atoms with E-state index in [9.17, 15) is 13.6 Å². The number of rotatable bonds is 9. The van der Waals surface area contributed by atoms with Crippen molar-refractivity contribution in [2.45, 2.75) is 38.8 Å². The fraction of sp³-hybridized carbons (Fsp3) is 0.267. The summed E-state index contributed by atoms with van der Waals surface area (Å²) in [7, 11) is 0. The summed E-state index contributed by atoms with van der Waals surface area (Å²) in [6, 6.07) is 21.1. The monoisotopic (exact) mass is 517 g/mol. The maximum absolute atomic E-state index is 14.7. The third kappa shape index (κ3) is 5.60. The highest BCUT2D eigenvalue weighted by atomic mass is 19.1. The van der Waals surface area contributed by atoms with Gasteiger partial charge >= 0.3 is 0 Å². The predicted octanol–water partition coefficient (Wildman–Crippen LogP) is 6.33. The summed E-state index contributed by atoms with van der Waals surface area (Å²) in [5.74, 6) is -0.778. The van der Waals surface area contributed by atoms with E-state index in [1.807, 2.05) is 37.3 Å². The molecule has 0 aliphatic carbocycles. The van der Waals surface area contributed by atoms with Crippen molar-refractivity contribution in [3.05, 3.63) is 107 Å². The molecule has 196 valence electrons. The molecule has 1 fully saturated rings. The van der Waals surface area contributed by atoms with Gasteiger partial charge in [-0.1, -0.05) is 37.3 Å². The minimum atomic E-state index is -0.504. The molecule has 2 heterocycles. The lowest BCUT2D eigenvalue weighted by atomic mass is 10.1. The molecule has 1 aliphatic rings. The van der Waals surface area contributed by atoms with Crippen LogP contribution in [-0.4, -0.2) is 39.8 Å². The van der Waals surface area contributed by atoms with Crippen molar-refractivity contribution in [2.75, 3.05) is 13.2 Å². The lowest BCUT2D eigenvalue weighted by Crippen LogP contribution is -2.37. The Morgan fingerprint density at radius 3 is 2.47 bits per heavy atom. The average molecular weight is 518 g/mol. The van der Waals surface area contributed by atoms with Crippen molar-refractivity contribution in [2.24, 2.45) is 0 Å². The first-order chi connectivity index (χ1) is 18.5. The Hall–Kier alpha value is -4.04. The van der Waals surface area contributed by atoms with Gasteiger partial charge in [0.15, 0.2) is 11.6 Å². The Bertz CT molecular complexity index is 1380. The van der Waals surface area contributed by atoms with Gasteiger partial charge in [-0.15, -0.1) is 0 Å². The number of hydrogen-bond acceptors (Lipinski definition) is 4. The molecular formula is C30H29F2N3O3. The highest BCUT2D eigenvalue weighted by Gasteiger charge is 2.28. The third-order valence-corrected chi connectivity index (χ3v) is 6.57. The van der Waals surface area contributed by atoms with Gasteiger partial charge in [0.1, 0.15) is 5.82 Å². The summed E-state index contributed by atoms with van der Waals surface area (Å²) in [6.07, 6.45) is 2.23. The van der Waals surface area contributed by atoms with E-state index in [4.69, 9.17) is 14.6 Å². The molecule has 4 aromatic rings. The van der Waals surface area contributed by atoms with E-state index in [2.05, 4.69) is 0 Å². The number of benzene rings is 3. The Morgan fingerprint density at radius 1 is 1.05 bits per heavy atom. The van der Waals surface area contributed by atoms with Gasteiger partial charge in [-0.05, 0) is 67.8 Å². The van der Waals surface area contributed by atoms with E-state index >= 15 is 0 Å². The number of amides is 1. The van der Waals surface area contributed by atoms with Crippen molar-refractivity contribution >= 4 is 5.91 Å². The lowest BCUT2D eigenvalue weighted by Gasteiger charge is -2.26. The van der Waals surface area contributed by atoms with Crippen LogP contribution in [0.25, 0.3) is 5.69 Å². The molecule has 38 heavy (non-hydrogen) atoms. The van der Waals surface area contributed by atoms with Gasteiger partial charge in [0.25, 0.3) is 5.91 Å². The molecule has 0 N–H and O–H groups in total. The zero-order valence-electron chi connectivity index (χ0n) is 21.1. The van der Waals surface area contributed by atoms with Crippen LogP contribution in [0.5, 0.6) is 11.6 Å². The number of para-hydroxylation sites is 2. The van der Waals surface area contributed by atoms with Crippen LogP contribution in [-0.2, 0) is 17.7 Å². The predicted molar refractivity (Wildman–Crippen MR) is 140 cm³/mol. The standard InChI is InChI=1S/C30H29F2N3O3/c1-2-27-25(20-34(19-24-11-8-18-37-24)29(36)21-14-16-22(31)17-15-21)30(38-28-13-7-6-12-26(28)32)35(33-27)23-9-4-3-5-10-23/h3-7,9-10,12-17,24H,2,8,11,18-20H2,1H3/t24-/m0/s1. The summed E-state index contributed by atoms with van der Waals surface area (Å²) in [5, 5.41) is 4.80. The number of carbonyl (C=O) groups excluding carboxylic acids is 1. The molecule has 1 aliphatic heterocycles. The van der Waals surface area contributed by atoms with Crippen LogP contribution < -0.4 is 4.74 Å². The fourth-order valence-electron chi connectivity index (χ4n) is 4.62. The van der Waals surface area contributed by atoms with Crippen LogP contribution in [0.3, 0.4) is 0 Å². The minimum Gasteiger partial charge on any atom is -0.435 e. The minimum absolute atomic E-state index is 0.0593. The van der Waals surface area contributed by atoms with Crippen molar-refractivity contribution in [1.29, 1.82) is 0 Å². The molecule has 5 rings (SSSR count). The van der Waals surface area contributed by atoms with Crippen molar-refractivity contribution in [3.8, 4) is 17.3 Å². The fourth-order valence-corrected chi connectivity index (χ4v) is 4.62. The first kappa shape index (κ1) is 25.6. The Kier molecular flexibility index (Phi) is 7.79. The topological polar surface area (TPSA) is 56.6 Å². The molecule has 3 aromatic carbocycles. The van der Waals surface area contributed by atoms with Gasteiger partial charge in [0, 0.05) is 18.7 Å². The summed E-state index contributed by atoms with van der Waals surface area (Å²) in [6.45, 7) is 3.14. The molecule has 8 heteroatoms. The van der Waals surface area contributed by atoms with Crippen LogP contribution in [0.1, 0.15) is 41.4 Å². The number of hydrogen-bond donors (Lipinski definition) is 0. The van der Waals surface area contributed by atoms with Gasteiger partial charge in [0.05, 0.1) is 29.6 Å². The highest BCUT2D eigenvalue weighted by Crippen LogP contribution is 2.34. The van der Waals surface area contributed by atoms with E-state index in [-0.39, 0.29) is 24.3 Å². The van der Waals surface area contributed by atoms with Crippen LogP contribution in [0.15, 0.2) is 78.9 Å². The van der Waals surface area contributed by atoms with Crippen molar-refractivity contribution < 1.29 is 23.0 Å². The van der Waals surface area contributed by atoms with Crippen LogP contribution in [0.2, 0.25) is 0 Å². The van der Waals surface area contributed by atoms with Crippen LogP contribution in [0, 0.1) is 11.6 Å². The number of aryl methyl sites for hydroxylation is 1. The number of carbonyl (C=O) groups is 1. The van der Waals surface area contributed by atoms with Crippen LogP contribution >= 0.6 is 0 Å². The maximum atomic E-state index is 14.7. The van der Waals surface area contributed by atoms with Crippen LogP contribution in [0.4, 0.5) is 8.78 Å². The Balaban J connectivity index is 1.58. The summed E-state index contributed by atoms with van der Waals surface area (Å²) < 4.78 is 41.9. The number of ether oxygens (including phenoxy) is 2. The Labute approximate surface area is 220 Å². The smallest absolute Gasteiger partial charge is 0.254 e. The molecule has 1 amide bonds. The summed E-state index contributed by atoms with van der Waals surface area (Å²) in [4.78, 5) is 15.4. The van der Waals surface area contributed by atoms with E-state index in [1.165, 1.54) is 30.3 Å². The largest absolute Gasteiger partial charge is 0.435 e. The van der Waals surface area contributed by atoms with Gasteiger partial charge in [-0.25, -0.2) is 13.5 Å². The molecule has 1 saturated heterocycles. The molecule has 0 saturated carbocycles. The second-order valence-electron chi connectivity index (χ2n) is 9.19. The summed E-state index contributed by atoms with van der Waals surface area (Å²) in [5.41, 5.74) is 2.52. The number of nitrogens with zero attached hydrogens (tertiary/aromatic N) is 3.